The maximum Gasteiger partial charge on any atom is 0.187 e. The summed E-state index contributed by atoms with van der Waals surface area (Å²) in [7, 11) is 0. The number of halogens is 2. The molecule has 1 aromatic carbocycles. The predicted molar refractivity (Wildman–Crippen MR) is 108 cm³/mol. The molecule has 3 rings (SSSR count). The molecule has 0 unspecified atom stereocenters. The molecule has 6 N–H and O–H groups in total. The van der Waals surface area contributed by atoms with Crippen LogP contribution in [0.25, 0.3) is 0 Å². The van der Waals surface area contributed by atoms with E-state index in [1.807, 2.05) is 0 Å². The van der Waals surface area contributed by atoms with Crippen LogP contribution in [0.15, 0.2) is 18.2 Å². The van der Waals surface area contributed by atoms with Crippen LogP contribution < -0.4 is 4.74 Å². The summed E-state index contributed by atoms with van der Waals surface area (Å²) in [6.07, 6.45) is -14.6. The molecule has 2 aliphatic heterocycles. The molecule has 0 amide bonds. The van der Waals surface area contributed by atoms with E-state index in [2.05, 4.69) is 0 Å². The summed E-state index contributed by atoms with van der Waals surface area (Å²) >= 11 is 5.99. The zero-order chi connectivity index (χ0) is 24.3. The SMILES string of the molecule is CCO[C@H]1O[C@H](CO[C@@H]2O[C@H](CO)[C@@H](O)[C@H](O)[C@H]2O)[C@@H](O)[C@H](Oc2c(F)cccc2Cl)[C@H]1O. The van der Waals surface area contributed by atoms with Gasteiger partial charge in [0.1, 0.15) is 42.7 Å². The van der Waals surface area contributed by atoms with Gasteiger partial charge in [0.05, 0.1) is 18.2 Å². The fourth-order valence-electron chi connectivity index (χ4n) is 3.61. The molecule has 13 heteroatoms. The largest absolute Gasteiger partial charge is 0.480 e. The van der Waals surface area contributed by atoms with Crippen molar-refractivity contribution in [3.05, 3.63) is 29.0 Å². The van der Waals surface area contributed by atoms with Gasteiger partial charge in [-0.25, -0.2) is 4.39 Å². The highest BCUT2D eigenvalue weighted by atomic mass is 35.5. The summed E-state index contributed by atoms with van der Waals surface area (Å²) in [5.41, 5.74) is 0. The second kappa shape index (κ2) is 11.5. The lowest BCUT2D eigenvalue weighted by atomic mass is 9.98. The van der Waals surface area contributed by atoms with Gasteiger partial charge in [-0.05, 0) is 19.1 Å². The number of aliphatic hydroxyl groups excluding tert-OH is 6. The van der Waals surface area contributed by atoms with Crippen molar-refractivity contribution < 1.29 is 58.7 Å². The Morgan fingerprint density at radius 3 is 2.21 bits per heavy atom. The summed E-state index contributed by atoms with van der Waals surface area (Å²) in [5, 5.41) is 60.4. The zero-order valence-corrected chi connectivity index (χ0v) is 18.4. The number of rotatable bonds is 8. The van der Waals surface area contributed by atoms with E-state index in [0.29, 0.717) is 0 Å². The van der Waals surface area contributed by atoms with Gasteiger partial charge >= 0.3 is 0 Å². The van der Waals surface area contributed by atoms with E-state index in [9.17, 15) is 35.0 Å². The van der Waals surface area contributed by atoms with Crippen LogP contribution in [-0.2, 0) is 18.9 Å². The second-order valence-corrected chi connectivity index (χ2v) is 8.05. The first kappa shape index (κ1) is 26.4. The standard InChI is InChI=1S/C20H28ClFO11/c1-2-29-20-16(28)18(33-17-8(21)4-3-5-9(17)22)13(25)11(32-20)7-30-19-15(27)14(26)12(24)10(6-23)31-19/h3-5,10-16,18-20,23-28H,2,6-7H2,1H3/t10-,11-,12-,13-,14+,15-,16-,18+,19-,20+/m1/s1. The van der Waals surface area contributed by atoms with E-state index < -0.39 is 80.4 Å². The summed E-state index contributed by atoms with van der Waals surface area (Å²) < 4.78 is 41.3. The van der Waals surface area contributed by atoms with Crippen LogP contribution in [0, 0.1) is 5.82 Å². The Labute approximate surface area is 193 Å². The van der Waals surface area contributed by atoms with Crippen LogP contribution in [0.5, 0.6) is 5.75 Å². The normalized spacial score (nSPS) is 39.4. The van der Waals surface area contributed by atoms with Gasteiger partial charge in [-0.2, -0.15) is 0 Å². The molecule has 2 saturated heterocycles. The Bertz CT molecular complexity index is 751. The molecular weight excluding hydrogens is 471 g/mol. The molecule has 0 saturated carbocycles. The van der Waals surface area contributed by atoms with Crippen molar-refractivity contribution in [3.8, 4) is 5.75 Å². The fourth-order valence-corrected chi connectivity index (χ4v) is 3.81. The predicted octanol–water partition coefficient (Wildman–Crippen LogP) is -1.47. The van der Waals surface area contributed by atoms with Crippen LogP contribution in [0.3, 0.4) is 0 Å². The third-order valence-corrected chi connectivity index (χ3v) is 5.72. The molecule has 0 bridgehead atoms. The molecule has 0 spiro atoms. The van der Waals surface area contributed by atoms with Crippen LogP contribution >= 0.6 is 11.6 Å². The van der Waals surface area contributed by atoms with Crippen molar-refractivity contribution in [1.29, 1.82) is 0 Å². The third-order valence-electron chi connectivity index (χ3n) is 5.42. The minimum Gasteiger partial charge on any atom is -0.480 e. The van der Waals surface area contributed by atoms with E-state index in [1.54, 1.807) is 6.92 Å². The maximum absolute atomic E-state index is 14.2. The van der Waals surface area contributed by atoms with Gasteiger partial charge in [-0.15, -0.1) is 0 Å². The van der Waals surface area contributed by atoms with Crippen LogP contribution in [0.4, 0.5) is 4.39 Å². The van der Waals surface area contributed by atoms with Crippen LogP contribution in [0.2, 0.25) is 5.02 Å². The molecule has 2 heterocycles. The Hall–Kier alpha value is -1.16. The van der Waals surface area contributed by atoms with Gasteiger partial charge in [0.2, 0.25) is 0 Å². The van der Waals surface area contributed by atoms with E-state index in [0.717, 1.165) is 6.07 Å². The van der Waals surface area contributed by atoms with Crippen molar-refractivity contribution in [1.82, 2.24) is 0 Å². The Balaban J connectivity index is 1.74. The van der Waals surface area contributed by atoms with Crippen molar-refractivity contribution >= 4 is 11.6 Å². The highest BCUT2D eigenvalue weighted by Crippen LogP contribution is 2.33. The summed E-state index contributed by atoms with van der Waals surface area (Å²) in [6, 6.07) is 3.83. The molecule has 2 aliphatic rings. The molecule has 0 radical (unpaired) electrons. The topological polar surface area (TPSA) is 168 Å². The van der Waals surface area contributed by atoms with Gasteiger partial charge in [0.25, 0.3) is 0 Å². The number of hydrogen-bond donors (Lipinski definition) is 6. The highest BCUT2D eigenvalue weighted by molar-refractivity contribution is 6.32. The smallest absolute Gasteiger partial charge is 0.187 e. The molecular formula is C20H28ClFO11. The highest BCUT2D eigenvalue weighted by Gasteiger charge is 2.49. The number of aliphatic hydroxyl groups is 6. The number of benzene rings is 1. The minimum atomic E-state index is -1.67. The van der Waals surface area contributed by atoms with E-state index in [-0.39, 0.29) is 17.4 Å². The molecule has 11 nitrogen and oxygen atoms in total. The Kier molecular flexibility index (Phi) is 9.23. The van der Waals surface area contributed by atoms with Crippen molar-refractivity contribution in [3.63, 3.8) is 0 Å². The maximum atomic E-state index is 14.2. The average Bonchev–Trinajstić information content (AvgIpc) is 2.79. The first-order chi connectivity index (χ1) is 15.7. The van der Waals surface area contributed by atoms with Gasteiger partial charge < -0.3 is 54.3 Å². The lowest BCUT2D eigenvalue weighted by Crippen LogP contribution is -2.63. The molecule has 0 aromatic heterocycles. The summed E-state index contributed by atoms with van der Waals surface area (Å²) in [5.74, 6) is -1.19. The molecule has 0 aliphatic carbocycles. The second-order valence-electron chi connectivity index (χ2n) is 7.64. The van der Waals surface area contributed by atoms with E-state index >= 15 is 0 Å². The average molecular weight is 499 g/mol. The lowest BCUT2D eigenvalue weighted by Gasteiger charge is -2.43. The van der Waals surface area contributed by atoms with Crippen molar-refractivity contribution in [2.24, 2.45) is 0 Å². The van der Waals surface area contributed by atoms with E-state index in [4.69, 9.17) is 35.3 Å². The minimum absolute atomic E-state index is 0.0806. The van der Waals surface area contributed by atoms with Crippen molar-refractivity contribution in [2.45, 2.75) is 68.3 Å². The fraction of sp³-hybridized carbons (Fsp3) is 0.700. The molecule has 33 heavy (non-hydrogen) atoms. The molecule has 188 valence electrons. The third kappa shape index (κ3) is 5.74. The molecule has 1 aromatic rings. The van der Waals surface area contributed by atoms with Crippen LogP contribution in [0.1, 0.15) is 6.92 Å². The van der Waals surface area contributed by atoms with Gasteiger partial charge in [-0.1, -0.05) is 17.7 Å². The van der Waals surface area contributed by atoms with Crippen LogP contribution in [-0.4, -0.2) is 112 Å². The zero-order valence-electron chi connectivity index (χ0n) is 17.6. The quantitative estimate of drug-likeness (QED) is 0.247. The first-order valence-electron chi connectivity index (χ1n) is 10.4. The molecule has 10 atom stereocenters. The first-order valence-corrected chi connectivity index (χ1v) is 10.7. The van der Waals surface area contributed by atoms with Gasteiger partial charge in [0, 0.05) is 6.61 Å². The number of hydrogen-bond acceptors (Lipinski definition) is 11. The monoisotopic (exact) mass is 498 g/mol. The lowest BCUT2D eigenvalue weighted by molar-refractivity contribution is -0.329. The van der Waals surface area contributed by atoms with E-state index in [1.165, 1.54) is 12.1 Å². The summed E-state index contributed by atoms with van der Waals surface area (Å²) in [6.45, 7) is 0.672. The molecule has 2 fully saturated rings. The number of para-hydroxylation sites is 1. The van der Waals surface area contributed by atoms with Gasteiger partial charge in [-0.3, -0.25) is 0 Å². The Morgan fingerprint density at radius 2 is 1.58 bits per heavy atom. The Morgan fingerprint density at radius 1 is 0.909 bits per heavy atom. The van der Waals surface area contributed by atoms with Gasteiger partial charge in [0.15, 0.2) is 30.3 Å². The number of ether oxygens (including phenoxy) is 5. The van der Waals surface area contributed by atoms with Crippen molar-refractivity contribution in [2.75, 3.05) is 19.8 Å². The summed E-state index contributed by atoms with van der Waals surface area (Å²) in [4.78, 5) is 0.